The van der Waals surface area contributed by atoms with E-state index in [4.69, 9.17) is 23.2 Å². The van der Waals surface area contributed by atoms with Crippen molar-refractivity contribution in [2.24, 2.45) is 0 Å². The third kappa shape index (κ3) is 5.25. The highest BCUT2D eigenvalue weighted by molar-refractivity contribution is 6.42. The van der Waals surface area contributed by atoms with E-state index in [1.54, 1.807) is 42.5 Å². The maximum Gasteiger partial charge on any atom is 0.251 e. The second-order valence-corrected chi connectivity index (χ2v) is 8.17. The van der Waals surface area contributed by atoms with Crippen LogP contribution in [0, 0.1) is 0 Å². The number of para-hydroxylation sites is 2. The minimum atomic E-state index is -1.03. The topological polar surface area (TPSA) is 78.5 Å². The molecule has 0 aromatic heterocycles. The van der Waals surface area contributed by atoms with Crippen LogP contribution in [0.1, 0.15) is 12.0 Å². The summed E-state index contributed by atoms with van der Waals surface area (Å²) in [6.07, 6.45) is 2.82. The summed E-state index contributed by atoms with van der Waals surface area (Å²) in [6, 6.07) is 20.0. The predicted molar refractivity (Wildman–Crippen MR) is 132 cm³/mol. The van der Waals surface area contributed by atoms with Crippen LogP contribution in [-0.2, 0) is 14.4 Å². The molecule has 6 nitrogen and oxygen atoms in total. The van der Waals surface area contributed by atoms with Crippen molar-refractivity contribution in [3.8, 4) is 0 Å². The van der Waals surface area contributed by atoms with Gasteiger partial charge in [0.25, 0.3) is 5.91 Å². The van der Waals surface area contributed by atoms with Crippen LogP contribution in [0.4, 0.5) is 17.1 Å². The van der Waals surface area contributed by atoms with Gasteiger partial charge in [-0.3, -0.25) is 19.3 Å². The Bertz CT molecular complexity index is 1240. The Balaban J connectivity index is 1.59. The summed E-state index contributed by atoms with van der Waals surface area (Å²) in [4.78, 5) is 40.2. The average molecular weight is 480 g/mol. The van der Waals surface area contributed by atoms with Crippen molar-refractivity contribution in [2.45, 2.75) is 12.5 Å². The van der Waals surface area contributed by atoms with Crippen molar-refractivity contribution < 1.29 is 14.4 Å². The smallest absolute Gasteiger partial charge is 0.251 e. The van der Waals surface area contributed by atoms with Gasteiger partial charge in [-0.25, -0.2) is 0 Å². The number of carbonyl (C=O) groups excluding carboxylic acids is 3. The number of benzene rings is 3. The van der Waals surface area contributed by atoms with Crippen molar-refractivity contribution in [1.82, 2.24) is 0 Å². The number of hydrogen-bond donors (Lipinski definition) is 2. The fourth-order valence-electron chi connectivity index (χ4n) is 3.52. The average Bonchev–Trinajstić information content (AvgIpc) is 2.81. The van der Waals surface area contributed by atoms with Crippen molar-refractivity contribution in [3.05, 3.63) is 94.5 Å². The maximum atomic E-state index is 13.2. The fourth-order valence-corrected chi connectivity index (χ4v) is 3.82. The SMILES string of the molecule is O=C(CC1C(=O)Nc2ccccc2N1C(=O)C=Cc1ccccc1)Nc1ccc(Cl)c(Cl)c1. The Morgan fingerprint density at radius 2 is 1.70 bits per heavy atom. The highest BCUT2D eigenvalue weighted by Gasteiger charge is 2.37. The van der Waals surface area contributed by atoms with Crippen LogP contribution in [0.2, 0.25) is 10.0 Å². The van der Waals surface area contributed by atoms with Crippen molar-refractivity contribution in [3.63, 3.8) is 0 Å². The van der Waals surface area contributed by atoms with Gasteiger partial charge in [0.15, 0.2) is 0 Å². The molecular formula is C25H19Cl2N3O3. The highest BCUT2D eigenvalue weighted by atomic mass is 35.5. The van der Waals surface area contributed by atoms with Crippen LogP contribution < -0.4 is 15.5 Å². The van der Waals surface area contributed by atoms with Crippen LogP contribution in [-0.4, -0.2) is 23.8 Å². The van der Waals surface area contributed by atoms with Gasteiger partial charge in [0.2, 0.25) is 11.8 Å². The number of hydrogen-bond acceptors (Lipinski definition) is 3. The molecule has 2 N–H and O–H groups in total. The summed E-state index contributed by atoms with van der Waals surface area (Å²) in [7, 11) is 0. The Morgan fingerprint density at radius 1 is 0.970 bits per heavy atom. The van der Waals surface area contributed by atoms with Gasteiger partial charge in [-0.15, -0.1) is 0 Å². The molecule has 1 unspecified atom stereocenters. The highest BCUT2D eigenvalue weighted by Crippen LogP contribution is 2.33. The van der Waals surface area contributed by atoms with Crippen molar-refractivity contribution >= 4 is 64.1 Å². The van der Waals surface area contributed by atoms with Gasteiger partial charge in [0, 0.05) is 11.8 Å². The number of nitrogens with one attached hydrogen (secondary N) is 2. The van der Waals surface area contributed by atoms with Gasteiger partial charge in [-0.2, -0.15) is 0 Å². The van der Waals surface area contributed by atoms with Crippen LogP contribution in [0.25, 0.3) is 6.08 Å². The van der Waals surface area contributed by atoms with E-state index < -0.39 is 23.8 Å². The molecule has 0 radical (unpaired) electrons. The quantitative estimate of drug-likeness (QED) is 0.481. The summed E-state index contributed by atoms with van der Waals surface area (Å²) >= 11 is 11.9. The molecule has 1 heterocycles. The van der Waals surface area contributed by atoms with Gasteiger partial charge < -0.3 is 10.6 Å². The van der Waals surface area contributed by atoms with Crippen molar-refractivity contribution in [1.29, 1.82) is 0 Å². The first-order chi connectivity index (χ1) is 15.9. The molecule has 0 aliphatic carbocycles. The maximum absolute atomic E-state index is 13.2. The molecule has 3 aromatic rings. The lowest BCUT2D eigenvalue weighted by atomic mass is 10.0. The van der Waals surface area contributed by atoms with Gasteiger partial charge >= 0.3 is 0 Å². The Labute approximate surface area is 200 Å². The van der Waals surface area contributed by atoms with Crippen molar-refractivity contribution in [2.75, 3.05) is 15.5 Å². The number of carbonyl (C=O) groups is 3. The van der Waals surface area contributed by atoms with E-state index in [0.717, 1.165) is 5.56 Å². The molecule has 0 saturated heterocycles. The standard InChI is InChI=1S/C25H19Cl2N3O3/c26-18-12-11-17(14-19(18)27)28-23(31)15-22-25(33)29-20-8-4-5-9-21(20)30(22)24(32)13-10-16-6-2-1-3-7-16/h1-14,22H,15H2,(H,28,31)(H,29,33). The molecule has 1 atom stereocenters. The van der Waals surface area contributed by atoms with Crippen LogP contribution in [0.3, 0.4) is 0 Å². The number of fused-ring (bicyclic) bond motifs is 1. The third-order valence-electron chi connectivity index (χ3n) is 5.07. The largest absolute Gasteiger partial charge is 0.326 e. The Morgan fingerprint density at radius 3 is 2.45 bits per heavy atom. The number of nitrogens with zero attached hydrogens (tertiary/aromatic N) is 1. The lowest BCUT2D eigenvalue weighted by molar-refractivity contribution is -0.124. The monoisotopic (exact) mass is 479 g/mol. The van der Waals surface area contributed by atoms with E-state index in [2.05, 4.69) is 10.6 Å². The lowest BCUT2D eigenvalue weighted by Gasteiger charge is -2.35. The van der Waals surface area contributed by atoms with Gasteiger partial charge in [0.1, 0.15) is 6.04 Å². The minimum absolute atomic E-state index is 0.245. The summed E-state index contributed by atoms with van der Waals surface area (Å²) in [5.74, 6) is -1.30. The number of rotatable bonds is 5. The van der Waals surface area contributed by atoms with E-state index in [-0.39, 0.29) is 6.42 Å². The number of amides is 3. The molecule has 3 amide bonds. The number of halogens is 2. The molecular weight excluding hydrogens is 461 g/mol. The fraction of sp³-hybridized carbons (Fsp3) is 0.0800. The van der Waals surface area contributed by atoms with Crippen LogP contribution in [0.15, 0.2) is 78.9 Å². The van der Waals surface area contributed by atoms with E-state index >= 15 is 0 Å². The zero-order valence-corrected chi connectivity index (χ0v) is 18.8. The Hall–Kier alpha value is -3.61. The summed E-state index contributed by atoms with van der Waals surface area (Å²) < 4.78 is 0. The molecule has 1 aliphatic heterocycles. The molecule has 8 heteroatoms. The molecule has 3 aromatic carbocycles. The molecule has 0 spiro atoms. The molecule has 1 aliphatic rings. The molecule has 166 valence electrons. The molecule has 33 heavy (non-hydrogen) atoms. The van der Waals surface area contributed by atoms with Crippen LogP contribution >= 0.6 is 23.2 Å². The second kappa shape index (κ2) is 9.90. The van der Waals surface area contributed by atoms with Crippen LogP contribution in [0.5, 0.6) is 0 Å². The minimum Gasteiger partial charge on any atom is -0.326 e. The summed E-state index contributed by atoms with van der Waals surface area (Å²) in [5.41, 5.74) is 2.31. The molecule has 4 rings (SSSR count). The van der Waals surface area contributed by atoms with E-state index in [1.807, 2.05) is 30.3 Å². The van der Waals surface area contributed by atoms with E-state index in [1.165, 1.54) is 17.0 Å². The summed E-state index contributed by atoms with van der Waals surface area (Å²) in [6.45, 7) is 0. The molecule has 0 fully saturated rings. The first-order valence-electron chi connectivity index (χ1n) is 10.1. The molecule has 0 bridgehead atoms. The molecule has 0 saturated carbocycles. The Kier molecular flexibility index (Phi) is 6.77. The second-order valence-electron chi connectivity index (χ2n) is 7.36. The normalized spacial score (nSPS) is 15.2. The van der Waals surface area contributed by atoms with Gasteiger partial charge in [-0.05, 0) is 42.0 Å². The van der Waals surface area contributed by atoms with Gasteiger partial charge in [-0.1, -0.05) is 65.7 Å². The predicted octanol–water partition coefficient (Wildman–Crippen LogP) is 5.39. The van der Waals surface area contributed by atoms with E-state index in [9.17, 15) is 14.4 Å². The zero-order valence-electron chi connectivity index (χ0n) is 17.3. The third-order valence-corrected chi connectivity index (χ3v) is 5.81. The first kappa shape index (κ1) is 22.6. The first-order valence-corrected chi connectivity index (χ1v) is 10.9. The van der Waals surface area contributed by atoms with E-state index in [0.29, 0.717) is 27.1 Å². The zero-order chi connectivity index (χ0) is 23.4. The summed E-state index contributed by atoms with van der Waals surface area (Å²) in [5, 5.41) is 6.13. The van der Waals surface area contributed by atoms with Gasteiger partial charge in [0.05, 0.1) is 27.8 Å². The lowest BCUT2D eigenvalue weighted by Crippen LogP contribution is -2.52. The number of anilines is 3.